The second-order valence-corrected chi connectivity index (χ2v) is 4.30. The van der Waals surface area contributed by atoms with Gasteiger partial charge in [-0.25, -0.2) is 0 Å². The van der Waals surface area contributed by atoms with Crippen molar-refractivity contribution in [3.8, 4) is 11.5 Å². The molecular weight excluding hydrogens is 327 g/mol. The van der Waals surface area contributed by atoms with E-state index in [1.54, 1.807) is 0 Å². The number of ether oxygens (including phenoxy) is 2. The smallest absolute Gasteiger partial charge is 0.161 e. The molecule has 0 aromatic heterocycles. The molecule has 3 N–H and O–H groups in total. The lowest BCUT2D eigenvalue weighted by atomic mass is 10.2. The summed E-state index contributed by atoms with van der Waals surface area (Å²) in [7, 11) is 0. The van der Waals surface area contributed by atoms with Crippen molar-refractivity contribution >= 4 is 24.8 Å². The zero-order valence-electron chi connectivity index (χ0n) is 13.3. The first-order valence-electron chi connectivity index (χ1n) is 7.22. The summed E-state index contributed by atoms with van der Waals surface area (Å²) in [5.41, 5.74) is 1.17. The monoisotopic (exact) mass is 354 g/mol. The maximum absolute atomic E-state index is 8.64. The van der Waals surface area contributed by atoms with Gasteiger partial charge in [0.25, 0.3) is 0 Å². The second-order valence-electron chi connectivity index (χ2n) is 4.30. The molecule has 5 nitrogen and oxygen atoms in total. The minimum atomic E-state index is 0. The van der Waals surface area contributed by atoms with E-state index in [9.17, 15) is 0 Å². The number of aliphatic hydroxyl groups excluding tert-OH is 1. The van der Waals surface area contributed by atoms with Crippen LogP contribution in [0.5, 0.6) is 11.5 Å². The van der Waals surface area contributed by atoms with Crippen LogP contribution in [-0.4, -0.2) is 44.6 Å². The number of aliphatic hydroxyl groups is 1. The first kappa shape index (κ1) is 23.5. The van der Waals surface area contributed by atoms with Crippen LogP contribution in [0.2, 0.25) is 0 Å². The van der Waals surface area contributed by atoms with E-state index >= 15 is 0 Å². The molecule has 1 aromatic carbocycles. The Morgan fingerprint density at radius 2 is 1.55 bits per heavy atom. The van der Waals surface area contributed by atoms with Crippen LogP contribution >= 0.6 is 24.8 Å². The molecule has 0 radical (unpaired) electrons. The van der Waals surface area contributed by atoms with Gasteiger partial charge in [0.2, 0.25) is 0 Å². The summed E-state index contributed by atoms with van der Waals surface area (Å²) in [5.74, 6) is 1.59. The molecule has 130 valence electrons. The summed E-state index contributed by atoms with van der Waals surface area (Å²) in [5, 5.41) is 15.1. The lowest BCUT2D eigenvalue weighted by molar-refractivity contribution is 0.287. The van der Waals surface area contributed by atoms with Crippen LogP contribution in [0.15, 0.2) is 18.2 Å². The van der Waals surface area contributed by atoms with Crippen LogP contribution in [-0.2, 0) is 6.54 Å². The van der Waals surface area contributed by atoms with Gasteiger partial charge in [-0.3, -0.25) is 0 Å². The molecule has 0 unspecified atom stereocenters. The Kier molecular flexibility index (Phi) is 16.3. The van der Waals surface area contributed by atoms with Crippen LogP contribution in [0, 0.1) is 0 Å². The maximum Gasteiger partial charge on any atom is 0.161 e. The predicted molar refractivity (Wildman–Crippen MR) is 94.9 cm³/mol. The lowest BCUT2D eigenvalue weighted by Gasteiger charge is -2.13. The normalized spacial score (nSPS) is 9.59. The molecule has 0 amide bonds. The van der Waals surface area contributed by atoms with Gasteiger partial charge in [0.1, 0.15) is 0 Å². The van der Waals surface area contributed by atoms with Gasteiger partial charge in [0, 0.05) is 26.2 Å². The molecule has 0 bridgehead atoms. The van der Waals surface area contributed by atoms with E-state index in [0.717, 1.165) is 31.1 Å². The zero-order valence-corrected chi connectivity index (χ0v) is 14.9. The van der Waals surface area contributed by atoms with E-state index in [-0.39, 0.29) is 31.4 Å². The largest absolute Gasteiger partial charge is 0.490 e. The van der Waals surface area contributed by atoms with E-state index in [0.29, 0.717) is 19.8 Å². The SMILES string of the molecule is CCOc1ccc(CNCCNCCO)cc1OCC.Cl.Cl. The number of hydrogen-bond donors (Lipinski definition) is 3. The molecule has 0 spiro atoms. The minimum Gasteiger partial charge on any atom is -0.490 e. The average molecular weight is 355 g/mol. The fraction of sp³-hybridized carbons (Fsp3) is 0.600. The highest BCUT2D eigenvalue weighted by atomic mass is 35.5. The van der Waals surface area contributed by atoms with Gasteiger partial charge in [-0.15, -0.1) is 24.8 Å². The van der Waals surface area contributed by atoms with E-state index in [1.165, 1.54) is 5.56 Å². The Balaban J connectivity index is 0. The van der Waals surface area contributed by atoms with E-state index < -0.39 is 0 Å². The van der Waals surface area contributed by atoms with Gasteiger partial charge in [0.15, 0.2) is 11.5 Å². The van der Waals surface area contributed by atoms with Gasteiger partial charge in [-0.05, 0) is 31.5 Å². The molecule has 7 heteroatoms. The molecule has 0 saturated carbocycles. The van der Waals surface area contributed by atoms with Gasteiger partial charge < -0.3 is 25.2 Å². The molecule has 1 rings (SSSR count). The van der Waals surface area contributed by atoms with Crippen LogP contribution in [0.1, 0.15) is 19.4 Å². The van der Waals surface area contributed by atoms with Crippen molar-refractivity contribution in [3.63, 3.8) is 0 Å². The minimum absolute atomic E-state index is 0. The third kappa shape index (κ3) is 9.33. The van der Waals surface area contributed by atoms with Crippen LogP contribution in [0.25, 0.3) is 0 Å². The molecule has 0 saturated heterocycles. The van der Waals surface area contributed by atoms with Crippen LogP contribution < -0.4 is 20.1 Å². The Hall–Kier alpha value is -0.720. The average Bonchev–Trinajstić information content (AvgIpc) is 2.46. The first-order chi connectivity index (χ1) is 9.81. The summed E-state index contributed by atoms with van der Waals surface area (Å²) in [6.07, 6.45) is 0. The van der Waals surface area contributed by atoms with Crippen molar-refractivity contribution < 1.29 is 14.6 Å². The fourth-order valence-corrected chi connectivity index (χ4v) is 1.82. The highest BCUT2D eigenvalue weighted by molar-refractivity contribution is 5.85. The molecule has 0 aliphatic rings. The molecule has 0 aliphatic carbocycles. The van der Waals surface area contributed by atoms with Crippen molar-refractivity contribution in [1.82, 2.24) is 10.6 Å². The maximum atomic E-state index is 8.64. The molecule has 22 heavy (non-hydrogen) atoms. The van der Waals surface area contributed by atoms with E-state index in [2.05, 4.69) is 10.6 Å². The Bertz CT molecular complexity index is 382. The number of hydrogen-bond acceptors (Lipinski definition) is 5. The van der Waals surface area contributed by atoms with Crippen molar-refractivity contribution in [3.05, 3.63) is 23.8 Å². The van der Waals surface area contributed by atoms with Crippen molar-refractivity contribution in [2.24, 2.45) is 0 Å². The summed E-state index contributed by atoms with van der Waals surface area (Å²) >= 11 is 0. The van der Waals surface area contributed by atoms with Crippen LogP contribution in [0.3, 0.4) is 0 Å². The van der Waals surface area contributed by atoms with Gasteiger partial charge in [0.05, 0.1) is 19.8 Å². The number of benzene rings is 1. The Labute approximate surface area is 145 Å². The Morgan fingerprint density at radius 1 is 0.909 bits per heavy atom. The first-order valence-corrected chi connectivity index (χ1v) is 7.22. The summed E-state index contributed by atoms with van der Waals surface area (Å²) < 4.78 is 11.1. The molecular formula is C15H28Cl2N2O3. The highest BCUT2D eigenvalue weighted by Crippen LogP contribution is 2.28. The summed E-state index contributed by atoms with van der Waals surface area (Å²) in [6.45, 7) is 8.49. The van der Waals surface area contributed by atoms with Gasteiger partial charge >= 0.3 is 0 Å². The third-order valence-corrected chi connectivity index (χ3v) is 2.70. The summed E-state index contributed by atoms with van der Waals surface area (Å²) in [6, 6.07) is 6.01. The van der Waals surface area contributed by atoms with E-state index in [4.69, 9.17) is 14.6 Å². The highest BCUT2D eigenvalue weighted by Gasteiger charge is 2.05. The fourth-order valence-electron chi connectivity index (χ4n) is 1.82. The second kappa shape index (κ2) is 15.2. The summed E-state index contributed by atoms with van der Waals surface area (Å²) in [4.78, 5) is 0. The van der Waals surface area contributed by atoms with Gasteiger partial charge in [-0.2, -0.15) is 0 Å². The molecule has 1 aromatic rings. The van der Waals surface area contributed by atoms with Gasteiger partial charge in [-0.1, -0.05) is 6.07 Å². The van der Waals surface area contributed by atoms with Crippen molar-refractivity contribution in [1.29, 1.82) is 0 Å². The molecule has 0 heterocycles. The number of nitrogens with one attached hydrogen (secondary N) is 2. The topological polar surface area (TPSA) is 62.8 Å². The standard InChI is InChI=1S/C15H26N2O3.2ClH/c1-3-19-14-6-5-13(11-15(14)20-4-2)12-17-8-7-16-9-10-18;;/h5-6,11,16-18H,3-4,7-10,12H2,1-2H3;2*1H. The lowest BCUT2D eigenvalue weighted by Crippen LogP contribution is -2.28. The van der Waals surface area contributed by atoms with Crippen LogP contribution in [0.4, 0.5) is 0 Å². The van der Waals surface area contributed by atoms with Crippen molar-refractivity contribution in [2.75, 3.05) is 39.5 Å². The zero-order chi connectivity index (χ0) is 14.6. The predicted octanol–water partition coefficient (Wildman–Crippen LogP) is 2.00. The number of halogens is 2. The van der Waals surface area contributed by atoms with Crippen molar-refractivity contribution in [2.45, 2.75) is 20.4 Å². The molecule has 0 aliphatic heterocycles. The molecule has 0 atom stereocenters. The molecule has 0 fully saturated rings. The van der Waals surface area contributed by atoms with E-state index in [1.807, 2.05) is 32.0 Å². The Morgan fingerprint density at radius 3 is 2.18 bits per heavy atom. The number of rotatable bonds is 11. The third-order valence-electron chi connectivity index (χ3n) is 2.70. The quantitative estimate of drug-likeness (QED) is 0.530.